The molecular weight excluding hydrogens is 296 g/mol. The van der Waals surface area contributed by atoms with Crippen molar-refractivity contribution in [1.29, 1.82) is 0 Å². The van der Waals surface area contributed by atoms with Crippen molar-refractivity contribution in [3.05, 3.63) is 72.3 Å². The van der Waals surface area contributed by atoms with Gasteiger partial charge in [-0.1, -0.05) is 48.5 Å². The zero-order chi connectivity index (χ0) is 15.6. The summed E-state index contributed by atoms with van der Waals surface area (Å²) < 4.78 is 0. The summed E-state index contributed by atoms with van der Waals surface area (Å²) in [6.45, 7) is 0. The Labute approximate surface area is 143 Å². The number of rotatable bonds is 2. The summed E-state index contributed by atoms with van der Waals surface area (Å²) in [5, 5.41) is 2.59. The number of hydrogen-bond acceptors (Lipinski definition) is 1. The van der Waals surface area contributed by atoms with E-state index in [2.05, 4.69) is 79.4 Å². The fourth-order valence-corrected chi connectivity index (χ4v) is 3.81. The van der Waals surface area contributed by atoms with Crippen LogP contribution in [0.3, 0.4) is 0 Å². The molecule has 1 aliphatic rings. The molecule has 0 amide bonds. The molecule has 0 spiro atoms. The molecule has 3 aromatic rings. The van der Waals surface area contributed by atoms with E-state index < -0.39 is 0 Å². The van der Waals surface area contributed by atoms with Crippen molar-refractivity contribution in [1.82, 2.24) is 0 Å². The minimum atomic E-state index is 1.04. The van der Waals surface area contributed by atoms with Crippen molar-refractivity contribution in [2.75, 3.05) is 0 Å². The van der Waals surface area contributed by atoms with E-state index in [1.54, 1.807) is 0 Å². The first kappa shape index (κ1) is 14.6. The van der Waals surface area contributed by atoms with Crippen LogP contribution in [0.1, 0.15) is 31.2 Å². The molecule has 0 nitrogen and oxygen atoms in total. The lowest BCUT2D eigenvalue weighted by atomic mass is 9.91. The van der Waals surface area contributed by atoms with Crippen LogP contribution in [-0.2, 0) is 0 Å². The lowest BCUT2D eigenvalue weighted by molar-refractivity contribution is 0.742. The van der Waals surface area contributed by atoms with Gasteiger partial charge in [-0.25, -0.2) is 0 Å². The molecule has 0 N–H and O–H groups in total. The Kier molecular flexibility index (Phi) is 3.97. The molecule has 0 saturated heterocycles. The minimum Gasteiger partial charge on any atom is -0.143 e. The molecule has 0 fully saturated rings. The second kappa shape index (κ2) is 6.25. The summed E-state index contributed by atoms with van der Waals surface area (Å²) in [4.78, 5) is 1.04. The maximum absolute atomic E-state index is 4.66. The molecule has 0 unspecified atom stereocenters. The first-order chi connectivity index (χ1) is 11.3. The lowest BCUT2D eigenvalue weighted by Crippen LogP contribution is -1.93. The maximum Gasteiger partial charge on any atom is 0.00522 e. The molecule has 0 radical (unpaired) electrons. The average Bonchev–Trinajstić information content (AvgIpc) is 2.61. The van der Waals surface area contributed by atoms with Crippen LogP contribution in [0.15, 0.2) is 71.6 Å². The highest BCUT2D eigenvalue weighted by atomic mass is 32.1. The van der Waals surface area contributed by atoms with Crippen LogP contribution < -0.4 is 0 Å². The van der Waals surface area contributed by atoms with Gasteiger partial charge in [0.25, 0.3) is 0 Å². The zero-order valence-electron chi connectivity index (χ0n) is 13.1. The van der Waals surface area contributed by atoms with Gasteiger partial charge in [-0.2, -0.15) is 0 Å². The smallest absolute Gasteiger partial charge is 0.00522 e. The SMILES string of the molecule is Sc1cc(C2=CCCCC2)cc(-c2cccc3ccccc23)c1. The third-order valence-electron chi connectivity index (χ3n) is 4.68. The number of thiol groups is 1. The summed E-state index contributed by atoms with van der Waals surface area (Å²) in [5.74, 6) is 0. The highest BCUT2D eigenvalue weighted by Gasteiger charge is 2.10. The van der Waals surface area contributed by atoms with Gasteiger partial charge in [0.1, 0.15) is 0 Å². The van der Waals surface area contributed by atoms with Gasteiger partial charge in [-0.05, 0) is 76.9 Å². The molecule has 23 heavy (non-hydrogen) atoms. The highest BCUT2D eigenvalue weighted by Crippen LogP contribution is 2.34. The van der Waals surface area contributed by atoms with Gasteiger partial charge in [-0.15, -0.1) is 12.6 Å². The van der Waals surface area contributed by atoms with E-state index in [4.69, 9.17) is 0 Å². The Hall–Kier alpha value is -1.99. The largest absolute Gasteiger partial charge is 0.143 e. The number of benzene rings is 3. The quantitative estimate of drug-likeness (QED) is 0.496. The van der Waals surface area contributed by atoms with Gasteiger partial charge >= 0.3 is 0 Å². The zero-order valence-corrected chi connectivity index (χ0v) is 14.0. The third-order valence-corrected chi connectivity index (χ3v) is 4.94. The van der Waals surface area contributed by atoms with E-state index in [-0.39, 0.29) is 0 Å². The molecule has 0 aliphatic heterocycles. The molecule has 1 heteroatoms. The molecule has 0 bridgehead atoms. The lowest BCUT2D eigenvalue weighted by Gasteiger charge is -2.15. The van der Waals surface area contributed by atoms with Crippen LogP contribution in [0.4, 0.5) is 0 Å². The van der Waals surface area contributed by atoms with Crippen molar-refractivity contribution in [2.24, 2.45) is 0 Å². The van der Waals surface area contributed by atoms with Crippen LogP contribution in [-0.4, -0.2) is 0 Å². The summed E-state index contributed by atoms with van der Waals surface area (Å²) in [5.41, 5.74) is 5.36. The van der Waals surface area contributed by atoms with Gasteiger partial charge in [0.05, 0.1) is 0 Å². The van der Waals surface area contributed by atoms with Crippen molar-refractivity contribution in [2.45, 2.75) is 30.6 Å². The summed E-state index contributed by atoms with van der Waals surface area (Å²) in [6, 6.07) is 21.8. The predicted octanol–water partition coefficient (Wildman–Crippen LogP) is 6.75. The van der Waals surface area contributed by atoms with Crippen LogP contribution in [0.5, 0.6) is 0 Å². The normalized spacial score (nSPS) is 14.7. The first-order valence-corrected chi connectivity index (χ1v) is 8.77. The van der Waals surface area contributed by atoms with Crippen LogP contribution in [0, 0.1) is 0 Å². The Balaban J connectivity index is 1.88. The van der Waals surface area contributed by atoms with E-state index in [1.165, 1.54) is 58.7 Å². The number of fused-ring (bicyclic) bond motifs is 1. The molecule has 1 aliphatic carbocycles. The molecule has 114 valence electrons. The Morgan fingerprint density at radius 2 is 1.61 bits per heavy atom. The summed E-state index contributed by atoms with van der Waals surface area (Å²) in [6.07, 6.45) is 7.41. The second-order valence-electron chi connectivity index (χ2n) is 6.27. The van der Waals surface area contributed by atoms with Crippen molar-refractivity contribution >= 4 is 29.0 Å². The summed E-state index contributed by atoms with van der Waals surface area (Å²) >= 11 is 4.66. The fraction of sp³-hybridized carbons (Fsp3) is 0.182. The second-order valence-corrected chi connectivity index (χ2v) is 6.79. The average molecular weight is 316 g/mol. The topological polar surface area (TPSA) is 0 Å². The van der Waals surface area contributed by atoms with E-state index in [1.807, 2.05) is 0 Å². The Morgan fingerprint density at radius 3 is 2.48 bits per heavy atom. The third kappa shape index (κ3) is 2.94. The first-order valence-electron chi connectivity index (χ1n) is 8.33. The van der Waals surface area contributed by atoms with E-state index in [9.17, 15) is 0 Å². The van der Waals surface area contributed by atoms with E-state index >= 15 is 0 Å². The van der Waals surface area contributed by atoms with Crippen molar-refractivity contribution in [3.8, 4) is 11.1 Å². The highest BCUT2D eigenvalue weighted by molar-refractivity contribution is 7.80. The van der Waals surface area contributed by atoms with Gasteiger partial charge in [-0.3, -0.25) is 0 Å². The Morgan fingerprint density at radius 1 is 0.783 bits per heavy atom. The molecule has 0 heterocycles. The van der Waals surface area contributed by atoms with E-state index in [0.717, 1.165) is 4.90 Å². The predicted molar refractivity (Wildman–Crippen MR) is 103 cm³/mol. The fourth-order valence-electron chi connectivity index (χ4n) is 3.53. The standard InChI is InChI=1S/C22H20S/c23-20-14-18(16-7-2-1-3-8-16)13-19(15-20)22-12-6-10-17-9-4-5-11-21(17)22/h4-7,9-15,23H,1-3,8H2. The van der Waals surface area contributed by atoms with Crippen molar-refractivity contribution in [3.63, 3.8) is 0 Å². The molecule has 3 aromatic carbocycles. The van der Waals surface area contributed by atoms with Gasteiger partial charge in [0.2, 0.25) is 0 Å². The van der Waals surface area contributed by atoms with Gasteiger partial charge in [0, 0.05) is 4.90 Å². The molecule has 0 atom stereocenters. The van der Waals surface area contributed by atoms with Gasteiger partial charge < -0.3 is 0 Å². The number of allylic oxidation sites excluding steroid dienone is 2. The monoisotopic (exact) mass is 316 g/mol. The van der Waals surface area contributed by atoms with Crippen LogP contribution >= 0.6 is 12.6 Å². The van der Waals surface area contributed by atoms with Crippen LogP contribution in [0.2, 0.25) is 0 Å². The van der Waals surface area contributed by atoms with Crippen molar-refractivity contribution < 1.29 is 0 Å². The molecule has 4 rings (SSSR count). The Bertz CT molecular complexity index is 884. The van der Waals surface area contributed by atoms with Gasteiger partial charge in [0.15, 0.2) is 0 Å². The molecule has 0 saturated carbocycles. The van der Waals surface area contributed by atoms with Crippen LogP contribution in [0.25, 0.3) is 27.5 Å². The molecular formula is C22H20S. The minimum absolute atomic E-state index is 1.04. The maximum atomic E-state index is 4.66. The number of hydrogen-bond donors (Lipinski definition) is 1. The summed E-state index contributed by atoms with van der Waals surface area (Å²) in [7, 11) is 0. The molecule has 0 aromatic heterocycles. The van der Waals surface area contributed by atoms with E-state index in [0.29, 0.717) is 0 Å².